The van der Waals surface area contributed by atoms with Crippen LogP contribution in [-0.4, -0.2) is 27.8 Å². The van der Waals surface area contributed by atoms with Crippen molar-refractivity contribution in [3.63, 3.8) is 0 Å². The number of halogens is 4. The number of imidazole rings is 1. The SMILES string of the molecule is O=C(NC1CCC(F)(F)CC1)C1=Cc2nc(Nc3c(Cl)cccc3Cl)[nH]c2CC1. The standard InChI is InChI=1S/C20H20Cl2F2N4O/c21-13-2-1-3-14(22)17(13)28-19-26-15-5-4-11(10-16(15)27-19)18(29)25-12-6-8-20(23,24)9-7-12/h1-3,10,12H,4-9H2,(H,25,29)(H2,26,27,28). The molecule has 1 aromatic heterocycles. The van der Waals surface area contributed by atoms with Crippen molar-refractivity contribution in [1.82, 2.24) is 15.3 Å². The number of alkyl halides is 2. The molecule has 1 amide bonds. The van der Waals surface area contributed by atoms with Crippen molar-refractivity contribution in [2.24, 2.45) is 0 Å². The number of anilines is 2. The van der Waals surface area contributed by atoms with Gasteiger partial charge in [0.05, 0.1) is 21.4 Å². The van der Waals surface area contributed by atoms with Crippen molar-refractivity contribution >= 4 is 46.8 Å². The number of carbonyl (C=O) groups excluding carboxylic acids is 1. The van der Waals surface area contributed by atoms with Crippen molar-refractivity contribution in [3.8, 4) is 0 Å². The fourth-order valence-electron chi connectivity index (χ4n) is 3.67. The third-order valence-corrected chi connectivity index (χ3v) is 5.95. The van der Waals surface area contributed by atoms with Crippen molar-refractivity contribution in [1.29, 1.82) is 0 Å². The van der Waals surface area contributed by atoms with Crippen LogP contribution in [0.5, 0.6) is 0 Å². The second-order valence-corrected chi connectivity index (χ2v) is 8.26. The van der Waals surface area contributed by atoms with E-state index in [4.69, 9.17) is 23.2 Å². The van der Waals surface area contributed by atoms with Crippen LogP contribution in [0.15, 0.2) is 23.8 Å². The number of rotatable bonds is 4. The third kappa shape index (κ3) is 4.56. The van der Waals surface area contributed by atoms with Gasteiger partial charge in [0.25, 0.3) is 0 Å². The quantitative estimate of drug-likeness (QED) is 0.588. The number of amides is 1. The molecule has 9 heteroatoms. The Hall–Kier alpha value is -2.12. The van der Waals surface area contributed by atoms with E-state index in [9.17, 15) is 13.6 Å². The number of aromatic amines is 1. The Morgan fingerprint density at radius 1 is 1.17 bits per heavy atom. The predicted molar refractivity (Wildman–Crippen MR) is 110 cm³/mol. The molecule has 0 unspecified atom stereocenters. The van der Waals surface area contributed by atoms with Crippen LogP contribution >= 0.6 is 23.2 Å². The summed E-state index contributed by atoms with van der Waals surface area (Å²) in [6.07, 6.45) is 3.15. The van der Waals surface area contributed by atoms with Crippen molar-refractivity contribution < 1.29 is 13.6 Å². The van der Waals surface area contributed by atoms with Gasteiger partial charge in [0, 0.05) is 30.2 Å². The molecule has 29 heavy (non-hydrogen) atoms. The highest BCUT2D eigenvalue weighted by Gasteiger charge is 2.35. The van der Waals surface area contributed by atoms with E-state index in [1.54, 1.807) is 24.3 Å². The van der Waals surface area contributed by atoms with E-state index in [1.807, 2.05) is 0 Å². The van der Waals surface area contributed by atoms with Crippen LogP contribution in [0.4, 0.5) is 20.4 Å². The van der Waals surface area contributed by atoms with Crippen LogP contribution in [0, 0.1) is 0 Å². The fourth-order valence-corrected chi connectivity index (χ4v) is 4.16. The molecule has 0 bridgehead atoms. The van der Waals surface area contributed by atoms with Gasteiger partial charge >= 0.3 is 0 Å². The summed E-state index contributed by atoms with van der Waals surface area (Å²) in [5.74, 6) is -2.33. The number of carbonyl (C=O) groups is 1. The van der Waals surface area contributed by atoms with Gasteiger partial charge in [-0.05, 0) is 43.9 Å². The minimum Gasteiger partial charge on any atom is -0.350 e. The van der Waals surface area contributed by atoms with Crippen LogP contribution in [0.1, 0.15) is 43.5 Å². The van der Waals surface area contributed by atoms with Crippen molar-refractivity contribution in [2.45, 2.75) is 50.5 Å². The first-order chi connectivity index (χ1) is 13.8. The van der Waals surface area contributed by atoms with Crippen LogP contribution in [-0.2, 0) is 11.2 Å². The number of nitrogens with one attached hydrogen (secondary N) is 3. The number of aryl methyl sites for hydroxylation is 1. The zero-order valence-corrected chi connectivity index (χ0v) is 17.0. The second kappa shape index (κ2) is 7.95. The molecule has 2 aliphatic rings. The topological polar surface area (TPSA) is 69.8 Å². The second-order valence-electron chi connectivity index (χ2n) is 7.44. The first-order valence-corrected chi connectivity index (χ1v) is 10.3. The molecule has 1 aromatic carbocycles. The van der Waals surface area contributed by atoms with E-state index >= 15 is 0 Å². The molecular weight excluding hydrogens is 421 g/mol. The Bertz CT molecular complexity index is 943. The van der Waals surface area contributed by atoms with E-state index in [0.717, 1.165) is 5.69 Å². The molecule has 1 saturated carbocycles. The van der Waals surface area contributed by atoms with E-state index in [1.165, 1.54) is 0 Å². The summed E-state index contributed by atoms with van der Waals surface area (Å²) < 4.78 is 26.6. The molecule has 1 fully saturated rings. The van der Waals surface area contributed by atoms with Crippen LogP contribution in [0.2, 0.25) is 10.0 Å². The lowest BCUT2D eigenvalue weighted by Crippen LogP contribution is -2.41. The number of hydrogen-bond donors (Lipinski definition) is 3. The Morgan fingerprint density at radius 2 is 1.86 bits per heavy atom. The lowest BCUT2D eigenvalue weighted by Gasteiger charge is -2.29. The van der Waals surface area contributed by atoms with E-state index in [-0.39, 0.29) is 24.8 Å². The molecule has 0 radical (unpaired) electrons. The average Bonchev–Trinajstić information content (AvgIpc) is 3.08. The van der Waals surface area contributed by atoms with Gasteiger partial charge < -0.3 is 15.6 Å². The number of hydrogen-bond acceptors (Lipinski definition) is 3. The molecule has 0 saturated heterocycles. The van der Waals surface area contributed by atoms with E-state index in [0.29, 0.717) is 58.6 Å². The number of benzene rings is 1. The lowest BCUT2D eigenvalue weighted by atomic mass is 9.91. The maximum absolute atomic E-state index is 13.3. The summed E-state index contributed by atoms with van der Waals surface area (Å²) in [5, 5.41) is 6.92. The molecule has 3 N–H and O–H groups in total. The minimum absolute atomic E-state index is 0.180. The number of H-pyrrole nitrogens is 1. The van der Waals surface area contributed by atoms with Gasteiger partial charge in [-0.3, -0.25) is 4.79 Å². The highest BCUT2D eigenvalue weighted by molar-refractivity contribution is 6.39. The molecule has 1 heterocycles. The zero-order chi connectivity index (χ0) is 20.6. The number of aromatic nitrogens is 2. The largest absolute Gasteiger partial charge is 0.350 e. The number of para-hydroxylation sites is 1. The van der Waals surface area contributed by atoms with Gasteiger partial charge in [-0.25, -0.2) is 13.8 Å². The maximum atomic E-state index is 13.3. The molecule has 2 aromatic rings. The molecule has 0 aliphatic heterocycles. The molecule has 0 atom stereocenters. The van der Waals surface area contributed by atoms with Crippen molar-refractivity contribution in [3.05, 3.63) is 45.2 Å². The third-order valence-electron chi connectivity index (χ3n) is 5.32. The summed E-state index contributed by atoms with van der Waals surface area (Å²) in [6, 6.07) is 5.00. The first kappa shape index (κ1) is 20.2. The summed E-state index contributed by atoms with van der Waals surface area (Å²) in [6.45, 7) is 0. The molecule has 154 valence electrons. The highest BCUT2D eigenvalue weighted by atomic mass is 35.5. The van der Waals surface area contributed by atoms with Gasteiger partial charge in [0.2, 0.25) is 17.8 Å². The smallest absolute Gasteiger partial charge is 0.248 e. The monoisotopic (exact) mass is 440 g/mol. The number of nitrogens with zero attached hydrogens (tertiary/aromatic N) is 1. The van der Waals surface area contributed by atoms with Gasteiger partial charge in [-0.15, -0.1) is 0 Å². The van der Waals surface area contributed by atoms with E-state index < -0.39 is 5.92 Å². The Kier molecular flexibility index (Phi) is 5.53. The van der Waals surface area contributed by atoms with Gasteiger partial charge in [0.15, 0.2) is 0 Å². The summed E-state index contributed by atoms with van der Waals surface area (Å²) in [5.41, 5.74) is 2.73. The molecular formula is C20H20Cl2F2N4O. The Morgan fingerprint density at radius 3 is 2.55 bits per heavy atom. The molecule has 4 rings (SSSR count). The van der Waals surface area contributed by atoms with Crippen LogP contribution in [0.3, 0.4) is 0 Å². The number of fused-ring (bicyclic) bond motifs is 1. The first-order valence-electron chi connectivity index (χ1n) is 9.50. The molecule has 0 spiro atoms. The van der Waals surface area contributed by atoms with Gasteiger partial charge in [-0.2, -0.15) is 0 Å². The highest BCUT2D eigenvalue weighted by Crippen LogP contribution is 2.34. The zero-order valence-electron chi connectivity index (χ0n) is 15.5. The Balaban J connectivity index is 1.44. The molecule has 5 nitrogen and oxygen atoms in total. The van der Waals surface area contributed by atoms with E-state index in [2.05, 4.69) is 20.6 Å². The summed E-state index contributed by atoms with van der Waals surface area (Å²) >= 11 is 12.4. The minimum atomic E-state index is -2.61. The average molecular weight is 441 g/mol. The maximum Gasteiger partial charge on any atom is 0.248 e. The van der Waals surface area contributed by atoms with Crippen LogP contribution < -0.4 is 10.6 Å². The predicted octanol–water partition coefficient (Wildman–Crippen LogP) is 5.48. The normalized spacial score (nSPS) is 18.7. The Labute approximate surface area is 176 Å². The molecule has 2 aliphatic carbocycles. The van der Waals surface area contributed by atoms with Crippen molar-refractivity contribution in [2.75, 3.05) is 5.32 Å². The fraction of sp³-hybridized carbons (Fsp3) is 0.400. The van der Waals surface area contributed by atoms with Crippen LogP contribution in [0.25, 0.3) is 6.08 Å². The summed E-state index contributed by atoms with van der Waals surface area (Å²) in [7, 11) is 0. The van der Waals surface area contributed by atoms with Gasteiger partial charge in [0.1, 0.15) is 0 Å². The summed E-state index contributed by atoms with van der Waals surface area (Å²) in [4.78, 5) is 20.2. The lowest BCUT2D eigenvalue weighted by molar-refractivity contribution is -0.119. The van der Waals surface area contributed by atoms with Gasteiger partial charge in [-0.1, -0.05) is 29.3 Å².